The van der Waals surface area contributed by atoms with Crippen LogP contribution in [0.25, 0.3) is 6.08 Å². The molecule has 1 spiro atoms. The summed E-state index contributed by atoms with van der Waals surface area (Å²) < 4.78 is 5.45. The molecule has 0 aromatic heterocycles. The number of carbonyl (C=O) groups excluding carboxylic acids is 3. The van der Waals surface area contributed by atoms with Crippen molar-refractivity contribution in [3.05, 3.63) is 96.1 Å². The fourth-order valence-corrected chi connectivity index (χ4v) is 6.20. The molecule has 0 aliphatic carbocycles. The first-order valence-corrected chi connectivity index (χ1v) is 12.4. The molecule has 0 unspecified atom stereocenters. The quantitative estimate of drug-likeness (QED) is 0.548. The molecule has 0 bridgehead atoms. The zero-order valence-electron chi connectivity index (χ0n) is 20.6. The predicted octanol–water partition coefficient (Wildman–Crippen LogP) is 3.75. The highest BCUT2D eigenvalue weighted by Gasteiger charge is 2.71. The van der Waals surface area contributed by atoms with E-state index in [9.17, 15) is 14.4 Å². The van der Waals surface area contributed by atoms with Gasteiger partial charge in [-0.2, -0.15) is 0 Å². The Balaban J connectivity index is 1.41. The van der Waals surface area contributed by atoms with Crippen LogP contribution in [-0.4, -0.2) is 37.4 Å². The number of benzene rings is 3. The topological polar surface area (TPSA) is 79.0 Å². The van der Waals surface area contributed by atoms with E-state index < -0.39 is 17.4 Å². The van der Waals surface area contributed by atoms with Crippen molar-refractivity contribution in [2.45, 2.75) is 18.5 Å². The number of imide groups is 1. The van der Waals surface area contributed by atoms with Gasteiger partial charge in [0, 0.05) is 23.8 Å². The first-order chi connectivity index (χ1) is 18.0. The van der Waals surface area contributed by atoms with Crippen LogP contribution >= 0.6 is 0 Å². The van der Waals surface area contributed by atoms with Crippen LogP contribution in [0.15, 0.2) is 84.9 Å². The molecule has 6 rings (SSSR count). The molecule has 7 heteroatoms. The molecule has 1 N–H and O–H groups in total. The second-order valence-corrected chi connectivity index (χ2v) is 9.67. The van der Waals surface area contributed by atoms with Gasteiger partial charge in [0.05, 0.1) is 24.6 Å². The minimum atomic E-state index is -1.31. The molecule has 3 heterocycles. The number of rotatable bonds is 5. The summed E-state index contributed by atoms with van der Waals surface area (Å²) in [6.45, 7) is 2.22. The molecule has 3 aliphatic rings. The zero-order chi connectivity index (χ0) is 25.7. The van der Waals surface area contributed by atoms with Gasteiger partial charge in [-0.05, 0) is 30.7 Å². The molecule has 2 fully saturated rings. The number of hydrogen-bond donors (Lipinski definition) is 1. The maximum atomic E-state index is 14.3. The van der Waals surface area contributed by atoms with Gasteiger partial charge in [-0.15, -0.1) is 0 Å². The predicted molar refractivity (Wildman–Crippen MR) is 141 cm³/mol. The first kappa shape index (κ1) is 23.2. The minimum Gasteiger partial charge on any atom is -0.495 e. The molecule has 2 saturated heterocycles. The maximum Gasteiger partial charge on any atom is 0.253 e. The number of carbonyl (C=O) groups is 3. The number of methoxy groups -OCH3 is 1. The standard InChI is InChI=1S/C30H27N3O4/c1-19-25-26(28(35)33(27(25)34)23-16-8-9-17-24(23)37-2)30(31-19)21-14-6-7-15-22(21)32(29(30)36)18-10-13-20-11-4-3-5-12-20/h3-17,19,25-26,31H,18H2,1-2H3/b13-10-/t19-,25-,26+,30+/m1/s1. The third-order valence-electron chi connectivity index (χ3n) is 7.74. The third kappa shape index (κ3) is 3.27. The Kier molecular flexibility index (Phi) is 5.46. The van der Waals surface area contributed by atoms with Gasteiger partial charge in [0.1, 0.15) is 11.3 Å². The lowest BCUT2D eigenvalue weighted by Gasteiger charge is -2.30. The highest BCUT2D eigenvalue weighted by molar-refractivity contribution is 6.26. The van der Waals surface area contributed by atoms with E-state index in [2.05, 4.69) is 5.32 Å². The fraction of sp³-hybridized carbons (Fsp3) is 0.233. The Hall–Kier alpha value is -4.23. The van der Waals surface area contributed by atoms with Gasteiger partial charge in [-0.1, -0.05) is 72.8 Å². The number of anilines is 2. The van der Waals surface area contributed by atoms with Gasteiger partial charge >= 0.3 is 0 Å². The molecule has 4 atom stereocenters. The smallest absolute Gasteiger partial charge is 0.253 e. The third-order valence-corrected chi connectivity index (χ3v) is 7.74. The number of amides is 3. The van der Waals surface area contributed by atoms with Crippen LogP contribution in [0, 0.1) is 11.8 Å². The molecule has 3 amide bonds. The van der Waals surface area contributed by atoms with Crippen LogP contribution in [0.1, 0.15) is 18.1 Å². The molecule has 0 saturated carbocycles. The summed E-state index contributed by atoms with van der Waals surface area (Å²) in [6, 6.07) is 24.0. The summed E-state index contributed by atoms with van der Waals surface area (Å²) in [5, 5.41) is 3.42. The highest BCUT2D eigenvalue weighted by atomic mass is 16.5. The van der Waals surface area contributed by atoms with Crippen LogP contribution < -0.4 is 19.9 Å². The lowest BCUT2D eigenvalue weighted by Crippen LogP contribution is -2.55. The van der Waals surface area contributed by atoms with Gasteiger partial charge in [0.15, 0.2) is 0 Å². The lowest BCUT2D eigenvalue weighted by molar-refractivity contribution is -0.132. The van der Waals surface area contributed by atoms with Gasteiger partial charge in [-0.3, -0.25) is 19.7 Å². The number of nitrogens with one attached hydrogen (secondary N) is 1. The Morgan fingerprint density at radius 3 is 2.32 bits per heavy atom. The van der Waals surface area contributed by atoms with Gasteiger partial charge in [-0.25, -0.2) is 4.90 Å². The van der Waals surface area contributed by atoms with Crippen LogP contribution in [-0.2, 0) is 19.9 Å². The van der Waals surface area contributed by atoms with Crippen LogP contribution in [0.4, 0.5) is 11.4 Å². The van der Waals surface area contributed by atoms with E-state index in [1.807, 2.05) is 73.7 Å². The van der Waals surface area contributed by atoms with E-state index in [0.29, 0.717) is 18.0 Å². The second-order valence-electron chi connectivity index (χ2n) is 9.67. The molecule has 0 radical (unpaired) electrons. The molecular weight excluding hydrogens is 466 g/mol. The Bertz CT molecular complexity index is 1440. The van der Waals surface area contributed by atoms with Crippen LogP contribution in [0.3, 0.4) is 0 Å². The van der Waals surface area contributed by atoms with E-state index in [4.69, 9.17) is 4.74 Å². The zero-order valence-corrected chi connectivity index (χ0v) is 20.6. The van der Waals surface area contributed by atoms with Gasteiger partial charge in [0.25, 0.3) is 5.91 Å². The maximum absolute atomic E-state index is 14.3. The summed E-state index contributed by atoms with van der Waals surface area (Å²) in [4.78, 5) is 45.0. The SMILES string of the molecule is COc1ccccc1N1C(=O)[C@H]2[C@@H](C1=O)[C@]1(N[C@@H]2C)C(=O)N(C/C=C\c2ccccc2)c2ccccc21. The Morgan fingerprint density at radius 1 is 0.892 bits per heavy atom. The largest absolute Gasteiger partial charge is 0.495 e. The lowest BCUT2D eigenvalue weighted by atomic mass is 9.76. The van der Waals surface area contributed by atoms with Crippen molar-refractivity contribution in [2.75, 3.05) is 23.5 Å². The molecule has 186 valence electrons. The molecule has 3 aromatic rings. The van der Waals surface area contributed by atoms with Crippen molar-refractivity contribution in [1.29, 1.82) is 0 Å². The summed E-state index contributed by atoms with van der Waals surface area (Å²) in [5.74, 6) is -2.02. The number of ether oxygens (including phenoxy) is 1. The summed E-state index contributed by atoms with van der Waals surface area (Å²) in [7, 11) is 1.51. The van der Waals surface area contributed by atoms with Gasteiger partial charge < -0.3 is 9.64 Å². The van der Waals surface area contributed by atoms with Crippen LogP contribution in [0.2, 0.25) is 0 Å². The van der Waals surface area contributed by atoms with E-state index in [1.54, 1.807) is 29.2 Å². The van der Waals surface area contributed by atoms with E-state index in [0.717, 1.165) is 16.8 Å². The van der Waals surface area contributed by atoms with Crippen molar-refractivity contribution in [1.82, 2.24) is 5.32 Å². The average molecular weight is 494 g/mol. The second kappa shape index (κ2) is 8.71. The summed E-state index contributed by atoms with van der Waals surface area (Å²) >= 11 is 0. The Labute approximate surface area is 215 Å². The highest BCUT2D eigenvalue weighted by Crippen LogP contribution is 2.55. The normalized spacial score (nSPS) is 26.4. The average Bonchev–Trinajstić information content (AvgIpc) is 3.47. The molecule has 3 aliphatic heterocycles. The molecule has 3 aromatic carbocycles. The van der Waals surface area contributed by atoms with Crippen molar-refractivity contribution in [2.24, 2.45) is 11.8 Å². The molecular formula is C30H27N3O4. The minimum absolute atomic E-state index is 0.214. The van der Waals surface area contributed by atoms with Crippen molar-refractivity contribution >= 4 is 35.2 Å². The Morgan fingerprint density at radius 2 is 1.57 bits per heavy atom. The summed E-state index contributed by atoms with van der Waals surface area (Å²) in [6.07, 6.45) is 3.92. The van der Waals surface area contributed by atoms with Crippen molar-refractivity contribution < 1.29 is 19.1 Å². The molecule has 37 heavy (non-hydrogen) atoms. The first-order valence-electron chi connectivity index (χ1n) is 12.4. The fourth-order valence-electron chi connectivity index (χ4n) is 6.20. The molecule has 7 nitrogen and oxygen atoms in total. The van der Waals surface area contributed by atoms with E-state index in [-0.39, 0.29) is 23.8 Å². The number of hydrogen-bond acceptors (Lipinski definition) is 5. The number of nitrogens with zero attached hydrogens (tertiary/aromatic N) is 2. The van der Waals surface area contributed by atoms with Crippen molar-refractivity contribution in [3.8, 4) is 5.75 Å². The van der Waals surface area contributed by atoms with E-state index >= 15 is 0 Å². The van der Waals surface area contributed by atoms with E-state index in [1.165, 1.54) is 12.0 Å². The number of para-hydroxylation sites is 3. The monoisotopic (exact) mass is 493 g/mol. The number of fused-ring (bicyclic) bond motifs is 4. The summed E-state index contributed by atoms with van der Waals surface area (Å²) in [5.41, 5.74) is 1.61. The van der Waals surface area contributed by atoms with Gasteiger partial charge in [0.2, 0.25) is 11.8 Å². The van der Waals surface area contributed by atoms with Crippen molar-refractivity contribution in [3.63, 3.8) is 0 Å². The van der Waals surface area contributed by atoms with Crippen LogP contribution in [0.5, 0.6) is 5.75 Å².